The summed E-state index contributed by atoms with van der Waals surface area (Å²) in [5, 5.41) is 8.71. The molecule has 1 heterocycles. The topological polar surface area (TPSA) is 63.3 Å². The number of nitrogens with zero attached hydrogens (tertiary/aromatic N) is 1. The summed E-state index contributed by atoms with van der Waals surface area (Å²) in [6.45, 7) is 1.94. The molecule has 0 radical (unpaired) electrons. The highest BCUT2D eigenvalue weighted by molar-refractivity contribution is 9.10. The molecule has 82 valence electrons. The van der Waals surface area contributed by atoms with Crippen molar-refractivity contribution in [2.45, 2.75) is 6.92 Å². The molecule has 16 heavy (non-hydrogen) atoms. The first-order valence-electron chi connectivity index (χ1n) is 4.53. The zero-order chi connectivity index (χ0) is 11.7. The fourth-order valence-corrected chi connectivity index (χ4v) is 1.53. The average molecular weight is 282 g/mol. The molecular weight excluding hydrogens is 274 g/mol. The lowest BCUT2D eigenvalue weighted by Crippen LogP contribution is -1.95. The quantitative estimate of drug-likeness (QED) is 0.919. The van der Waals surface area contributed by atoms with E-state index in [0.717, 1.165) is 21.9 Å². The van der Waals surface area contributed by atoms with Crippen LogP contribution in [0.4, 0.5) is 0 Å². The number of aryl methyl sites for hydroxylation is 1. The van der Waals surface area contributed by atoms with Gasteiger partial charge in [-0.1, -0.05) is 15.9 Å². The Morgan fingerprint density at radius 3 is 2.81 bits per heavy atom. The predicted octanol–water partition coefficient (Wildman–Crippen LogP) is 3.11. The molecule has 0 aliphatic heterocycles. The van der Waals surface area contributed by atoms with Crippen molar-refractivity contribution >= 4 is 21.9 Å². The number of hydrogen-bond donors (Lipinski definition) is 1. The van der Waals surface area contributed by atoms with Crippen LogP contribution in [0.25, 0.3) is 11.5 Å². The molecule has 0 atom stereocenters. The number of carbonyl (C=O) groups is 1. The third-order valence-corrected chi connectivity index (χ3v) is 3.02. The predicted molar refractivity (Wildman–Crippen MR) is 61.3 cm³/mol. The summed E-state index contributed by atoms with van der Waals surface area (Å²) in [5.41, 5.74) is 1.70. The van der Waals surface area contributed by atoms with Gasteiger partial charge in [-0.05, 0) is 30.7 Å². The van der Waals surface area contributed by atoms with E-state index in [1.54, 1.807) is 0 Å². The molecule has 1 aromatic heterocycles. The van der Waals surface area contributed by atoms with E-state index in [9.17, 15) is 4.79 Å². The fraction of sp³-hybridized carbons (Fsp3) is 0.0909. The van der Waals surface area contributed by atoms with Crippen molar-refractivity contribution < 1.29 is 14.3 Å². The third kappa shape index (κ3) is 1.99. The minimum atomic E-state index is -1.09. The van der Waals surface area contributed by atoms with Gasteiger partial charge in [0, 0.05) is 10.0 Å². The van der Waals surface area contributed by atoms with Crippen LogP contribution in [0.3, 0.4) is 0 Å². The van der Waals surface area contributed by atoms with Crippen molar-refractivity contribution in [3.63, 3.8) is 0 Å². The molecule has 0 unspecified atom stereocenters. The van der Waals surface area contributed by atoms with Crippen LogP contribution < -0.4 is 0 Å². The summed E-state index contributed by atoms with van der Waals surface area (Å²) in [4.78, 5) is 14.5. The Labute approximate surface area is 100 Å². The van der Waals surface area contributed by atoms with Crippen LogP contribution in [0.1, 0.15) is 16.1 Å². The number of carboxylic acid groups (broad SMARTS) is 1. The van der Waals surface area contributed by atoms with E-state index in [-0.39, 0.29) is 5.69 Å². The normalized spacial score (nSPS) is 10.4. The lowest BCUT2D eigenvalue weighted by molar-refractivity contribution is 0.0690. The third-order valence-electron chi connectivity index (χ3n) is 2.13. The molecule has 4 nitrogen and oxygen atoms in total. The van der Waals surface area contributed by atoms with E-state index >= 15 is 0 Å². The van der Waals surface area contributed by atoms with Gasteiger partial charge in [0.1, 0.15) is 6.26 Å². The molecule has 1 N–H and O–H groups in total. The molecule has 2 aromatic rings. The van der Waals surface area contributed by atoms with Gasteiger partial charge in [0.25, 0.3) is 0 Å². The second-order valence-corrected chi connectivity index (χ2v) is 4.16. The molecule has 1 aromatic carbocycles. The van der Waals surface area contributed by atoms with Crippen LogP contribution in [0, 0.1) is 6.92 Å². The summed E-state index contributed by atoms with van der Waals surface area (Å²) < 4.78 is 6.09. The van der Waals surface area contributed by atoms with Crippen molar-refractivity contribution in [3.8, 4) is 11.5 Å². The number of hydrogen-bond acceptors (Lipinski definition) is 3. The largest absolute Gasteiger partial charge is 0.476 e. The summed E-state index contributed by atoms with van der Waals surface area (Å²) in [6.07, 6.45) is 1.13. The second-order valence-electron chi connectivity index (χ2n) is 3.31. The Morgan fingerprint density at radius 1 is 1.50 bits per heavy atom. The highest BCUT2D eigenvalue weighted by atomic mass is 79.9. The van der Waals surface area contributed by atoms with Crippen LogP contribution in [-0.2, 0) is 0 Å². The van der Waals surface area contributed by atoms with Gasteiger partial charge in [0.05, 0.1) is 0 Å². The van der Waals surface area contributed by atoms with E-state index in [2.05, 4.69) is 20.9 Å². The summed E-state index contributed by atoms with van der Waals surface area (Å²) in [6, 6.07) is 5.56. The molecule has 0 bridgehead atoms. The van der Waals surface area contributed by atoms with Crippen LogP contribution in [0.5, 0.6) is 0 Å². The maximum absolute atomic E-state index is 10.6. The molecule has 0 spiro atoms. The van der Waals surface area contributed by atoms with Gasteiger partial charge < -0.3 is 9.52 Å². The van der Waals surface area contributed by atoms with E-state index in [4.69, 9.17) is 9.52 Å². The second kappa shape index (κ2) is 4.09. The standard InChI is InChI=1S/C11H8BrNO3/c1-6-4-7(2-3-8(6)12)10-13-9(5-16-10)11(14)15/h2-5H,1H3,(H,14,15). The van der Waals surface area contributed by atoms with Crippen molar-refractivity contribution in [3.05, 3.63) is 40.2 Å². The van der Waals surface area contributed by atoms with Gasteiger partial charge in [-0.15, -0.1) is 0 Å². The minimum absolute atomic E-state index is 0.0874. The van der Waals surface area contributed by atoms with E-state index < -0.39 is 5.97 Å². The summed E-state index contributed by atoms with van der Waals surface area (Å²) in [5.74, 6) is -0.781. The van der Waals surface area contributed by atoms with Gasteiger partial charge in [0.2, 0.25) is 5.89 Å². The van der Waals surface area contributed by atoms with Crippen LogP contribution in [-0.4, -0.2) is 16.1 Å². The Hall–Kier alpha value is -1.62. The molecule has 2 rings (SSSR count). The van der Waals surface area contributed by atoms with Crippen LogP contribution >= 0.6 is 15.9 Å². The first-order chi connectivity index (χ1) is 7.58. The number of aromatic carboxylic acids is 1. The Kier molecular flexibility index (Phi) is 2.78. The average Bonchev–Trinajstić information content (AvgIpc) is 2.71. The molecule has 0 fully saturated rings. The zero-order valence-electron chi connectivity index (χ0n) is 8.40. The zero-order valence-corrected chi connectivity index (χ0v) is 9.98. The summed E-state index contributed by atoms with van der Waals surface area (Å²) >= 11 is 3.39. The number of oxazole rings is 1. The number of aromatic nitrogens is 1. The Morgan fingerprint density at radius 2 is 2.25 bits per heavy atom. The smallest absolute Gasteiger partial charge is 0.357 e. The van der Waals surface area contributed by atoms with Crippen LogP contribution in [0.2, 0.25) is 0 Å². The minimum Gasteiger partial charge on any atom is -0.476 e. The molecule has 5 heteroatoms. The number of benzene rings is 1. The van der Waals surface area contributed by atoms with E-state index in [0.29, 0.717) is 5.89 Å². The fourth-order valence-electron chi connectivity index (χ4n) is 1.28. The molecular formula is C11H8BrNO3. The van der Waals surface area contributed by atoms with Crippen molar-refractivity contribution in [2.75, 3.05) is 0 Å². The maximum atomic E-state index is 10.6. The van der Waals surface area contributed by atoms with E-state index in [1.165, 1.54) is 0 Å². The number of halogens is 1. The van der Waals surface area contributed by atoms with Gasteiger partial charge in [-0.25, -0.2) is 9.78 Å². The first-order valence-corrected chi connectivity index (χ1v) is 5.32. The lowest BCUT2D eigenvalue weighted by atomic mass is 10.1. The van der Waals surface area contributed by atoms with Crippen molar-refractivity contribution in [1.29, 1.82) is 0 Å². The maximum Gasteiger partial charge on any atom is 0.357 e. The molecule has 0 aliphatic rings. The SMILES string of the molecule is Cc1cc(-c2nc(C(=O)O)co2)ccc1Br. The number of carboxylic acids is 1. The van der Waals surface area contributed by atoms with Gasteiger partial charge in [-0.2, -0.15) is 0 Å². The lowest BCUT2D eigenvalue weighted by Gasteiger charge is -1.99. The molecule has 0 aliphatic carbocycles. The monoisotopic (exact) mass is 281 g/mol. The highest BCUT2D eigenvalue weighted by Crippen LogP contribution is 2.24. The first kappa shape index (κ1) is 10.9. The molecule has 0 saturated carbocycles. The number of rotatable bonds is 2. The van der Waals surface area contributed by atoms with Crippen LogP contribution in [0.15, 0.2) is 33.4 Å². The molecule has 0 saturated heterocycles. The molecule has 0 amide bonds. The Balaban J connectivity index is 2.42. The van der Waals surface area contributed by atoms with E-state index in [1.807, 2.05) is 25.1 Å². The van der Waals surface area contributed by atoms with Crippen molar-refractivity contribution in [1.82, 2.24) is 4.98 Å². The van der Waals surface area contributed by atoms with Gasteiger partial charge >= 0.3 is 5.97 Å². The summed E-state index contributed by atoms with van der Waals surface area (Å²) in [7, 11) is 0. The van der Waals surface area contributed by atoms with Gasteiger partial charge in [-0.3, -0.25) is 0 Å². The highest BCUT2D eigenvalue weighted by Gasteiger charge is 2.12. The van der Waals surface area contributed by atoms with Gasteiger partial charge in [0.15, 0.2) is 5.69 Å². The van der Waals surface area contributed by atoms with Crippen molar-refractivity contribution in [2.24, 2.45) is 0 Å². The Bertz CT molecular complexity index is 548.